The first-order chi connectivity index (χ1) is 9.24. The SMILES string of the molecule is CCCCCC(Cc1ccn(C(CC)CC)n1)NN. The summed E-state index contributed by atoms with van der Waals surface area (Å²) in [5, 5.41) is 4.69. The van der Waals surface area contributed by atoms with Gasteiger partial charge in [0.2, 0.25) is 0 Å². The smallest absolute Gasteiger partial charge is 0.0640 e. The van der Waals surface area contributed by atoms with Gasteiger partial charge in [-0.1, -0.05) is 40.0 Å². The molecule has 0 saturated carbocycles. The van der Waals surface area contributed by atoms with Crippen molar-refractivity contribution in [3.8, 4) is 0 Å². The summed E-state index contributed by atoms with van der Waals surface area (Å²) in [4.78, 5) is 0. The number of rotatable bonds is 10. The van der Waals surface area contributed by atoms with Crippen LogP contribution in [0.5, 0.6) is 0 Å². The molecule has 0 fully saturated rings. The molecule has 3 N–H and O–H groups in total. The molecule has 1 atom stereocenters. The maximum Gasteiger partial charge on any atom is 0.0640 e. The van der Waals surface area contributed by atoms with Gasteiger partial charge in [-0.25, -0.2) is 0 Å². The van der Waals surface area contributed by atoms with Crippen molar-refractivity contribution in [1.82, 2.24) is 15.2 Å². The molecule has 1 aromatic heterocycles. The van der Waals surface area contributed by atoms with Crippen molar-refractivity contribution in [3.05, 3.63) is 18.0 Å². The van der Waals surface area contributed by atoms with Crippen molar-refractivity contribution in [1.29, 1.82) is 0 Å². The number of unbranched alkanes of at least 4 members (excludes halogenated alkanes) is 2. The largest absolute Gasteiger partial charge is 0.271 e. The molecule has 1 rings (SSSR count). The Hall–Kier alpha value is -0.870. The Labute approximate surface area is 117 Å². The third-order valence-corrected chi connectivity index (χ3v) is 3.83. The van der Waals surface area contributed by atoms with E-state index in [4.69, 9.17) is 5.84 Å². The normalized spacial score (nSPS) is 13.1. The van der Waals surface area contributed by atoms with Crippen molar-refractivity contribution in [3.63, 3.8) is 0 Å². The van der Waals surface area contributed by atoms with E-state index in [1.54, 1.807) is 0 Å². The highest BCUT2D eigenvalue weighted by Crippen LogP contribution is 2.15. The quantitative estimate of drug-likeness (QED) is 0.388. The number of nitrogens with two attached hydrogens (primary N) is 1. The minimum Gasteiger partial charge on any atom is -0.271 e. The van der Waals surface area contributed by atoms with E-state index in [1.807, 2.05) is 0 Å². The Kier molecular flexibility index (Phi) is 7.75. The predicted octanol–water partition coefficient (Wildman–Crippen LogP) is 3.20. The molecule has 0 aliphatic rings. The molecule has 0 saturated heterocycles. The molecule has 0 bridgehead atoms. The molecular weight excluding hydrogens is 236 g/mol. The van der Waals surface area contributed by atoms with Gasteiger partial charge in [0.1, 0.15) is 0 Å². The van der Waals surface area contributed by atoms with Crippen LogP contribution in [0.1, 0.15) is 71.0 Å². The molecule has 0 spiro atoms. The minimum absolute atomic E-state index is 0.344. The van der Waals surface area contributed by atoms with Gasteiger partial charge in [-0.15, -0.1) is 0 Å². The van der Waals surface area contributed by atoms with Crippen LogP contribution in [0.2, 0.25) is 0 Å². The highest BCUT2D eigenvalue weighted by atomic mass is 15.3. The van der Waals surface area contributed by atoms with Crippen LogP contribution in [0.4, 0.5) is 0 Å². The first-order valence-electron chi connectivity index (χ1n) is 7.75. The third kappa shape index (κ3) is 5.33. The fourth-order valence-electron chi connectivity index (χ4n) is 2.49. The maximum atomic E-state index is 5.64. The molecule has 0 aliphatic heterocycles. The van der Waals surface area contributed by atoms with E-state index in [0.29, 0.717) is 12.1 Å². The Morgan fingerprint density at radius 3 is 2.58 bits per heavy atom. The van der Waals surface area contributed by atoms with Crippen molar-refractivity contribution in [2.75, 3.05) is 0 Å². The zero-order valence-corrected chi connectivity index (χ0v) is 12.7. The van der Waals surface area contributed by atoms with E-state index >= 15 is 0 Å². The average molecular weight is 266 g/mol. The number of nitrogens with one attached hydrogen (secondary N) is 1. The van der Waals surface area contributed by atoms with E-state index in [-0.39, 0.29) is 0 Å². The summed E-state index contributed by atoms with van der Waals surface area (Å²) in [6.07, 6.45) is 10.2. The second-order valence-electron chi connectivity index (χ2n) is 5.32. The fraction of sp³-hybridized carbons (Fsp3) is 0.800. The van der Waals surface area contributed by atoms with Crippen LogP contribution in [-0.2, 0) is 6.42 Å². The van der Waals surface area contributed by atoms with Crippen molar-refractivity contribution >= 4 is 0 Å². The Morgan fingerprint density at radius 2 is 2.00 bits per heavy atom. The lowest BCUT2D eigenvalue weighted by atomic mass is 10.0. The molecule has 110 valence electrons. The highest BCUT2D eigenvalue weighted by Gasteiger charge is 2.12. The van der Waals surface area contributed by atoms with Gasteiger partial charge in [0.25, 0.3) is 0 Å². The fourth-order valence-corrected chi connectivity index (χ4v) is 2.49. The molecule has 19 heavy (non-hydrogen) atoms. The second kappa shape index (κ2) is 9.10. The third-order valence-electron chi connectivity index (χ3n) is 3.83. The summed E-state index contributed by atoms with van der Waals surface area (Å²) in [6.45, 7) is 6.65. The van der Waals surface area contributed by atoms with Crippen molar-refractivity contribution in [2.45, 2.75) is 77.8 Å². The Morgan fingerprint density at radius 1 is 1.26 bits per heavy atom. The topological polar surface area (TPSA) is 55.9 Å². The molecule has 0 radical (unpaired) electrons. The van der Waals surface area contributed by atoms with E-state index < -0.39 is 0 Å². The molecule has 0 aromatic carbocycles. The van der Waals surface area contributed by atoms with Gasteiger partial charge in [-0.05, 0) is 25.3 Å². The lowest BCUT2D eigenvalue weighted by Crippen LogP contribution is -2.36. The van der Waals surface area contributed by atoms with Crippen LogP contribution in [0, 0.1) is 0 Å². The number of aromatic nitrogens is 2. The van der Waals surface area contributed by atoms with Gasteiger partial charge >= 0.3 is 0 Å². The van der Waals surface area contributed by atoms with E-state index in [1.165, 1.54) is 19.3 Å². The summed E-state index contributed by atoms with van der Waals surface area (Å²) in [5.74, 6) is 5.64. The zero-order chi connectivity index (χ0) is 14.1. The number of nitrogens with zero attached hydrogens (tertiary/aromatic N) is 2. The zero-order valence-electron chi connectivity index (χ0n) is 12.7. The van der Waals surface area contributed by atoms with Crippen LogP contribution in [0.25, 0.3) is 0 Å². The summed E-state index contributed by atoms with van der Waals surface area (Å²) >= 11 is 0. The van der Waals surface area contributed by atoms with Crippen LogP contribution in [-0.4, -0.2) is 15.8 Å². The van der Waals surface area contributed by atoms with Gasteiger partial charge in [0, 0.05) is 18.7 Å². The summed E-state index contributed by atoms with van der Waals surface area (Å²) in [5.41, 5.74) is 4.07. The van der Waals surface area contributed by atoms with E-state index in [9.17, 15) is 0 Å². The number of hydrogen-bond donors (Lipinski definition) is 2. The van der Waals surface area contributed by atoms with Crippen molar-refractivity contribution in [2.24, 2.45) is 5.84 Å². The maximum absolute atomic E-state index is 5.64. The van der Waals surface area contributed by atoms with Gasteiger partial charge in [-0.3, -0.25) is 16.0 Å². The number of hydrogen-bond acceptors (Lipinski definition) is 3. The molecular formula is C15H30N4. The van der Waals surface area contributed by atoms with Gasteiger partial charge in [0.05, 0.1) is 11.7 Å². The van der Waals surface area contributed by atoms with Gasteiger partial charge < -0.3 is 0 Å². The van der Waals surface area contributed by atoms with E-state index in [0.717, 1.165) is 31.4 Å². The summed E-state index contributed by atoms with van der Waals surface area (Å²) in [6, 6.07) is 3.00. The standard InChI is InChI=1S/C15H30N4/c1-4-7-8-9-13(17-16)12-14-10-11-19(18-14)15(5-2)6-3/h10-11,13,15,17H,4-9,12,16H2,1-3H3. The molecule has 4 heteroatoms. The molecule has 0 amide bonds. The lowest BCUT2D eigenvalue weighted by molar-refractivity contribution is 0.418. The highest BCUT2D eigenvalue weighted by molar-refractivity contribution is 5.02. The lowest BCUT2D eigenvalue weighted by Gasteiger charge is -2.15. The van der Waals surface area contributed by atoms with E-state index in [2.05, 4.69) is 48.2 Å². The summed E-state index contributed by atoms with van der Waals surface area (Å²) < 4.78 is 2.11. The Bertz CT molecular complexity index is 331. The van der Waals surface area contributed by atoms with Crippen LogP contribution in [0.15, 0.2) is 12.3 Å². The summed E-state index contributed by atoms with van der Waals surface area (Å²) in [7, 11) is 0. The molecule has 1 aromatic rings. The first kappa shape index (κ1) is 16.2. The van der Waals surface area contributed by atoms with Crippen LogP contribution in [0.3, 0.4) is 0 Å². The monoisotopic (exact) mass is 266 g/mol. The number of hydrazine groups is 1. The van der Waals surface area contributed by atoms with Crippen LogP contribution < -0.4 is 11.3 Å². The van der Waals surface area contributed by atoms with Gasteiger partial charge in [0.15, 0.2) is 0 Å². The van der Waals surface area contributed by atoms with Crippen molar-refractivity contribution < 1.29 is 0 Å². The Balaban J connectivity index is 2.50. The van der Waals surface area contributed by atoms with Crippen LogP contribution >= 0.6 is 0 Å². The molecule has 1 heterocycles. The minimum atomic E-state index is 0.344. The predicted molar refractivity (Wildman–Crippen MR) is 80.8 cm³/mol. The second-order valence-corrected chi connectivity index (χ2v) is 5.32. The molecule has 1 unspecified atom stereocenters. The first-order valence-corrected chi connectivity index (χ1v) is 7.75. The van der Waals surface area contributed by atoms with Gasteiger partial charge in [-0.2, -0.15) is 5.10 Å². The average Bonchev–Trinajstić information content (AvgIpc) is 2.88. The molecule has 4 nitrogen and oxygen atoms in total. The molecule has 0 aliphatic carbocycles.